The van der Waals surface area contributed by atoms with E-state index in [1.165, 1.54) is 0 Å². The molecule has 136 valence electrons. The first-order valence-electron chi connectivity index (χ1n) is 7.79. The summed E-state index contributed by atoms with van der Waals surface area (Å²) in [6.07, 6.45) is 3.45. The molecule has 0 bridgehead atoms. The molecule has 0 heterocycles. The summed E-state index contributed by atoms with van der Waals surface area (Å²) in [7, 11) is 1.10. The zero-order valence-electron chi connectivity index (χ0n) is 14.2. The van der Waals surface area contributed by atoms with Gasteiger partial charge in [0.25, 0.3) is 0 Å². The highest BCUT2D eigenvalue weighted by atomic mass is 32.2. The largest absolute Gasteiger partial charge is 0.491 e. The second-order valence-corrected chi connectivity index (χ2v) is 6.22. The number of halogens is 2. The number of Topliss-reactive ketones (excluding diaryl/α,β-unsaturated/α-hetero) is 1. The second-order valence-electron chi connectivity index (χ2n) is 5.39. The number of thioether (sulfide) groups is 1. The zero-order valence-corrected chi connectivity index (χ0v) is 15.0. The standard InChI is InChI=1S/C17H19F2NO4S/c1-4-24-17(22)12(16(25-3)20-9-5-6-9)14(21)10-7-8-11(18)15(23-2)13(10)19/h7-9,12H,4-6H2,1-3H3. The molecule has 0 amide bonds. The van der Waals surface area contributed by atoms with Crippen LogP contribution in [0.25, 0.3) is 0 Å². The van der Waals surface area contributed by atoms with Gasteiger partial charge in [0.2, 0.25) is 0 Å². The van der Waals surface area contributed by atoms with Gasteiger partial charge in [-0.2, -0.15) is 0 Å². The number of esters is 1. The van der Waals surface area contributed by atoms with E-state index >= 15 is 0 Å². The lowest BCUT2D eigenvalue weighted by atomic mass is 9.97. The highest BCUT2D eigenvalue weighted by molar-refractivity contribution is 8.13. The van der Waals surface area contributed by atoms with Gasteiger partial charge in [0.05, 0.1) is 30.4 Å². The molecule has 8 heteroatoms. The average Bonchev–Trinajstić information content (AvgIpc) is 3.38. The molecule has 0 aromatic heterocycles. The van der Waals surface area contributed by atoms with Gasteiger partial charge >= 0.3 is 5.97 Å². The lowest BCUT2D eigenvalue weighted by molar-refractivity contribution is -0.144. The number of hydrogen-bond acceptors (Lipinski definition) is 6. The Morgan fingerprint density at radius 3 is 2.56 bits per heavy atom. The molecule has 0 aliphatic heterocycles. The molecule has 2 rings (SSSR count). The minimum atomic E-state index is -1.37. The van der Waals surface area contributed by atoms with Gasteiger partial charge < -0.3 is 9.47 Å². The summed E-state index contributed by atoms with van der Waals surface area (Å²) in [4.78, 5) is 29.6. The second kappa shape index (κ2) is 8.42. The molecule has 0 spiro atoms. The summed E-state index contributed by atoms with van der Waals surface area (Å²) in [5.74, 6) is -5.75. The van der Waals surface area contributed by atoms with Crippen molar-refractivity contribution in [2.45, 2.75) is 25.8 Å². The number of methoxy groups -OCH3 is 1. The predicted molar refractivity (Wildman–Crippen MR) is 91.3 cm³/mol. The van der Waals surface area contributed by atoms with Crippen molar-refractivity contribution in [3.05, 3.63) is 29.3 Å². The minimum Gasteiger partial charge on any atom is -0.491 e. The molecule has 1 atom stereocenters. The third-order valence-corrected chi connectivity index (χ3v) is 4.38. The average molecular weight is 371 g/mol. The summed E-state index contributed by atoms with van der Waals surface area (Å²) in [5.41, 5.74) is -0.436. The summed E-state index contributed by atoms with van der Waals surface area (Å²) in [6.45, 7) is 1.68. The number of carbonyl (C=O) groups excluding carboxylic acids is 2. The number of aliphatic imine (C=N–C) groups is 1. The maximum absolute atomic E-state index is 14.5. The van der Waals surface area contributed by atoms with E-state index in [1.807, 2.05) is 0 Å². The lowest BCUT2D eigenvalue weighted by Gasteiger charge is -2.17. The monoisotopic (exact) mass is 371 g/mol. The van der Waals surface area contributed by atoms with Crippen LogP contribution in [0.1, 0.15) is 30.1 Å². The van der Waals surface area contributed by atoms with Gasteiger partial charge in [-0.15, -0.1) is 11.8 Å². The van der Waals surface area contributed by atoms with Gasteiger partial charge in [0.1, 0.15) is 0 Å². The lowest BCUT2D eigenvalue weighted by Crippen LogP contribution is -2.33. The number of rotatable bonds is 7. The van der Waals surface area contributed by atoms with Crippen LogP contribution in [0.5, 0.6) is 5.75 Å². The van der Waals surface area contributed by atoms with E-state index in [0.29, 0.717) is 0 Å². The van der Waals surface area contributed by atoms with Crippen LogP contribution < -0.4 is 4.74 Å². The Hall–Kier alpha value is -1.96. The van der Waals surface area contributed by atoms with E-state index in [2.05, 4.69) is 9.73 Å². The number of ketones is 1. The molecule has 1 aromatic rings. The fourth-order valence-corrected chi connectivity index (χ4v) is 2.93. The van der Waals surface area contributed by atoms with Gasteiger partial charge in [0, 0.05) is 0 Å². The van der Waals surface area contributed by atoms with Crippen LogP contribution >= 0.6 is 11.8 Å². The summed E-state index contributed by atoms with van der Waals surface area (Å²) in [5, 5.41) is 0.272. The minimum absolute atomic E-state index is 0.0692. The van der Waals surface area contributed by atoms with Crippen molar-refractivity contribution in [1.29, 1.82) is 0 Å². The summed E-state index contributed by atoms with van der Waals surface area (Å²) >= 11 is 1.14. The van der Waals surface area contributed by atoms with E-state index in [0.717, 1.165) is 43.8 Å². The Labute approximate surface area is 148 Å². The SMILES string of the molecule is CCOC(=O)C(C(=O)c1ccc(F)c(OC)c1F)C(=NC1CC1)SC. The number of benzene rings is 1. The highest BCUT2D eigenvalue weighted by Gasteiger charge is 2.37. The van der Waals surface area contributed by atoms with Crippen molar-refractivity contribution >= 4 is 28.6 Å². The van der Waals surface area contributed by atoms with Gasteiger partial charge in [0.15, 0.2) is 29.1 Å². The van der Waals surface area contributed by atoms with Crippen molar-refractivity contribution in [2.75, 3.05) is 20.0 Å². The normalized spacial score (nSPS) is 15.6. The molecule has 0 radical (unpaired) electrons. The molecule has 1 aliphatic carbocycles. The first kappa shape index (κ1) is 19.4. The fraction of sp³-hybridized carbons (Fsp3) is 0.471. The van der Waals surface area contributed by atoms with Crippen molar-refractivity contribution in [3.63, 3.8) is 0 Å². The Morgan fingerprint density at radius 1 is 1.36 bits per heavy atom. The molecule has 5 nitrogen and oxygen atoms in total. The van der Waals surface area contributed by atoms with E-state index < -0.39 is 40.6 Å². The van der Waals surface area contributed by atoms with E-state index in [1.54, 1.807) is 13.2 Å². The molecular formula is C17H19F2NO4S. The van der Waals surface area contributed by atoms with Crippen LogP contribution in [0.15, 0.2) is 17.1 Å². The van der Waals surface area contributed by atoms with Gasteiger partial charge in [-0.05, 0) is 38.2 Å². The highest BCUT2D eigenvalue weighted by Crippen LogP contribution is 2.30. The Bertz CT molecular complexity index is 704. The van der Waals surface area contributed by atoms with Crippen molar-refractivity contribution in [1.82, 2.24) is 0 Å². The molecule has 0 N–H and O–H groups in total. The molecule has 1 fully saturated rings. The number of hydrogen-bond donors (Lipinski definition) is 0. The number of ether oxygens (including phenoxy) is 2. The molecule has 1 aliphatic rings. The maximum atomic E-state index is 14.5. The molecule has 0 saturated heterocycles. The van der Waals surface area contributed by atoms with E-state index in [4.69, 9.17) is 4.74 Å². The summed E-state index contributed by atoms with van der Waals surface area (Å²) < 4.78 is 37.7. The molecular weight excluding hydrogens is 352 g/mol. The van der Waals surface area contributed by atoms with Gasteiger partial charge in [-0.3, -0.25) is 14.6 Å². The number of nitrogens with zero attached hydrogens (tertiary/aromatic N) is 1. The van der Waals surface area contributed by atoms with E-state index in [9.17, 15) is 18.4 Å². The maximum Gasteiger partial charge on any atom is 0.323 e. The molecule has 1 aromatic carbocycles. The van der Waals surface area contributed by atoms with Gasteiger partial charge in [-0.1, -0.05) is 0 Å². The fourth-order valence-electron chi connectivity index (χ4n) is 2.24. The smallest absolute Gasteiger partial charge is 0.323 e. The quantitative estimate of drug-likeness (QED) is 0.242. The Morgan fingerprint density at radius 2 is 2.04 bits per heavy atom. The molecule has 1 unspecified atom stereocenters. The van der Waals surface area contributed by atoms with Crippen LogP contribution in [0.3, 0.4) is 0 Å². The predicted octanol–water partition coefficient (Wildman–Crippen LogP) is 3.26. The zero-order chi connectivity index (χ0) is 18.6. The Kier molecular flexibility index (Phi) is 6.52. The van der Waals surface area contributed by atoms with Crippen molar-refractivity contribution in [2.24, 2.45) is 10.9 Å². The Balaban J connectivity index is 2.46. The number of carbonyl (C=O) groups is 2. The molecule has 25 heavy (non-hydrogen) atoms. The first-order valence-corrected chi connectivity index (χ1v) is 9.01. The molecule has 1 saturated carbocycles. The van der Waals surface area contributed by atoms with Crippen molar-refractivity contribution in [3.8, 4) is 5.75 Å². The third-order valence-electron chi connectivity index (χ3n) is 3.62. The van der Waals surface area contributed by atoms with Crippen LogP contribution in [-0.2, 0) is 9.53 Å². The van der Waals surface area contributed by atoms with Crippen LogP contribution in [-0.4, -0.2) is 42.8 Å². The first-order chi connectivity index (χ1) is 11.9. The van der Waals surface area contributed by atoms with Crippen LogP contribution in [0.2, 0.25) is 0 Å². The topological polar surface area (TPSA) is 65.0 Å². The van der Waals surface area contributed by atoms with Crippen molar-refractivity contribution < 1.29 is 27.8 Å². The van der Waals surface area contributed by atoms with E-state index in [-0.39, 0.29) is 17.7 Å². The third kappa shape index (κ3) is 4.36. The van der Waals surface area contributed by atoms with Crippen LogP contribution in [0, 0.1) is 17.6 Å². The van der Waals surface area contributed by atoms with Crippen LogP contribution in [0.4, 0.5) is 8.78 Å². The van der Waals surface area contributed by atoms with Gasteiger partial charge in [-0.25, -0.2) is 8.78 Å². The summed E-state index contributed by atoms with van der Waals surface area (Å²) in [6, 6.07) is 1.99.